The number of alkyl halides is 10. The van der Waals surface area contributed by atoms with Crippen LogP contribution in [0.5, 0.6) is 0 Å². The van der Waals surface area contributed by atoms with E-state index in [1.165, 1.54) is 55.0 Å². The maximum atomic E-state index is 14.0. The SMILES string of the molecule is Cl.FC1(F)CCNC1.Nc1ccc(/C=C/C(=O)CCc2cc3cc(-c4ccc(C(=O)N5CCC(F)(F)C5)cn4)cc(C(F)(F)F)c3s2)cn1.Nc1ccc(/C=C/C(=O)CCc2cc3cc(-c4ccc(C(=O)O)cn4)cc(C(F)(F)F)c3s2)cn1. The van der Waals surface area contributed by atoms with Gasteiger partial charge in [-0.25, -0.2) is 32.3 Å². The lowest BCUT2D eigenvalue weighted by Gasteiger charge is -2.16. The maximum Gasteiger partial charge on any atom is 0.417 e. The zero-order valence-corrected chi connectivity index (χ0v) is 46.2. The molecule has 2 aliphatic heterocycles. The van der Waals surface area contributed by atoms with Crippen LogP contribution in [0.3, 0.4) is 0 Å². The lowest BCUT2D eigenvalue weighted by atomic mass is 10.0. The number of carbonyl (C=O) groups excluding carboxylic acids is 3. The molecule has 84 heavy (non-hydrogen) atoms. The second kappa shape index (κ2) is 26.6. The monoisotopic (exact) mass is 1230 g/mol. The number of pyridine rings is 4. The molecule has 6 N–H and O–H groups in total. The van der Waals surface area contributed by atoms with Crippen molar-refractivity contribution in [1.29, 1.82) is 0 Å². The minimum Gasteiger partial charge on any atom is -0.478 e. The lowest BCUT2D eigenvalue weighted by Crippen LogP contribution is -2.31. The van der Waals surface area contributed by atoms with Crippen LogP contribution in [0.4, 0.5) is 55.5 Å². The Morgan fingerprint density at radius 1 is 0.619 bits per heavy atom. The highest BCUT2D eigenvalue weighted by molar-refractivity contribution is 7.19. The fourth-order valence-corrected chi connectivity index (χ4v) is 10.9. The Morgan fingerprint density at radius 3 is 1.44 bits per heavy atom. The highest BCUT2D eigenvalue weighted by Crippen LogP contribution is 2.43. The number of nitrogens with zero attached hydrogens (tertiary/aromatic N) is 5. The molecule has 8 heterocycles. The molecule has 26 heteroatoms. The molecule has 0 unspecified atom stereocenters. The van der Waals surface area contributed by atoms with Gasteiger partial charge in [0.05, 0.1) is 46.7 Å². The van der Waals surface area contributed by atoms with Crippen molar-refractivity contribution >= 4 is 102 Å². The molecule has 0 aliphatic carbocycles. The van der Waals surface area contributed by atoms with Gasteiger partial charge in [-0.15, -0.1) is 35.1 Å². The number of halogens is 11. The Morgan fingerprint density at radius 2 is 1.10 bits per heavy atom. The molecule has 1 amide bonds. The van der Waals surface area contributed by atoms with Crippen molar-refractivity contribution < 1.29 is 68.2 Å². The fourth-order valence-electron chi connectivity index (χ4n) is 8.55. The van der Waals surface area contributed by atoms with Crippen molar-refractivity contribution in [2.75, 3.05) is 37.6 Å². The van der Waals surface area contributed by atoms with Crippen molar-refractivity contribution in [3.05, 3.63) is 165 Å². The van der Waals surface area contributed by atoms with Crippen LogP contribution in [0, 0.1) is 0 Å². The van der Waals surface area contributed by atoms with E-state index in [9.17, 15) is 63.1 Å². The van der Waals surface area contributed by atoms with Crippen LogP contribution < -0.4 is 16.8 Å². The number of carbonyl (C=O) groups is 4. The molecule has 0 saturated carbocycles. The van der Waals surface area contributed by atoms with Gasteiger partial charge < -0.3 is 26.8 Å². The van der Waals surface area contributed by atoms with Crippen LogP contribution in [0.25, 0.3) is 54.8 Å². The number of carboxylic acids is 1. The quantitative estimate of drug-likeness (QED) is 0.0592. The summed E-state index contributed by atoms with van der Waals surface area (Å²) in [5.41, 5.74) is 11.7. The molecule has 440 valence electrons. The van der Waals surface area contributed by atoms with Gasteiger partial charge in [-0.3, -0.25) is 24.4 Å². The first-order valence-electron chi connectivity index (χ1n) is 25.2. The van der Waals surface area contributed by atoms with E-state index in [1.54, 1.807) is 60.7 Å². The van der Waals surface area contributed by atoms with Gasteiger partial charge in [0.25, 0.3) is 17.8 Å². The van der Waals surface area contributed by atoms with Gasteiger partial charge in [0.1, 0.15) is 11.6 Å². The average Bonchev–Trinajstić information content (AvgIpc) is 2.22. The summed E-state index contributed by atoms with van der Waals surface area (Å²) in [7, 11) is 0. The number of amides is 1. The van der Waals surface area contributed by atoms with Crippen molar-refractivity contribution in [3.8, 4) is 22.5 Å². The number of nitrogen functional groups attached to an aromatic ring is 2. The van der Waals surface area contributed by atoms with E-state index < -0.39 is 60.2 Å². The molecular formula is C58H49ClF10N8O5S2. The van der Waals surface area contributed by atoms with Crippen LogP contribution >= 0.6 is 35.1 Å². The van der Waals surface area contributed by atoms with Gasteiger partial charge in [-0.2, -0.15) is 26.3 Å². The molecular weight excluding hydrogens is 1180 g/mol. The van der Waals surface area contributed by atoms with Crippen molar-refractivity contribution in [2.24, 2.45) is 0 Å². The molecule has 2 aliphatic rings. The number of thiophene rings is 2. The number of aromatic carboxylic acids is 1. The first kappa shape index (κ1) is 63.5. The first-order valence-corrected chi connectivity index (χ1v) is 26.9. The maximum absolute atomic E-state index is 14.0. The van der Waals surface area contributed by atoms with Crippen molar-refractivity contribution in [1.82, 2.24) is 30.2 Å². The van der Waals surface area contributed by atoms with E-state index in [-0.39, 0.29) is 106 Å². The van der Waals surface area contributed by atoms with Gasteiger partial charge in [0.15, 0.2) is 11.6 Å². The number of anilines is 2. The number of aromatic nitrogens is 4. The molecule has 2 saturated heterocycles. The van der Waals surface area contributed by atoms with E-state index >= 15 is 0 Å². The number of nitrogens with two attached hydrogens (primary N) is 2. The number of nitrogens with one attached hydrogen (secondary N) is 1. The fraction of sp³-hybridized carbons (Fsp3) is 0.241. The molecule has 0 atom stereocenters. The minimum absolute atomic E-state index is 0. The summed E-state index contributed by atoms with van der Waals surface area (Å²) in [6.45, 7) is -0.427. The Labute approximate surface area is 486 Å². The topological polar surface area (TPSA) is 207 Å². The molecule has 0 radical (unpaired) electrons. The predicted molar refractivity (Wildman–Crippen MR) is 304 cm³/mol. The summed E-state index contributed by atoms with van der Waals surface area (Å²) < 4.78 is 134. The number of fused-ring (bicyclic) bond motifs is 2. The van der Waals surface area contributed by atoms with Crippen LogP contribution in [-0.2, 0) is 34.8 Å². The number of likely N-dealkylation sites (tertiary alicyclic amines) is 1. The van der Waals surface area contributed by atoms with E-state index in [0.717, 1.165) is 45.9 Å². The molecule has 0 bridgehead atoms. The second-order valence-electron chi connectivity index (χ2n) is 19.2. The largest absolute Gasteiger partial charge is 0.478 e. The number of hydrogen-bond acceptors (Lipinski definition) is 13. The van der Waals surface area contributed by atoms with Crippen molar-refractivity contribution in [3.63, 3.8) is 0 Å². The average molecular weight is 1230 g/mol. The van der Waals surface area contributed by atoms with Crippen LogP contribution in [0.1, 0.15) is 78.4 Å². The Balaban J connectivity index is 0.000000215. The number of aryl methyl sites for hydroxylation is 2. The summed E-state index contributed by atoms with van der Waals surface area (Å²) in [6.07, 6.45) is 2.52. The smallest absolute Gasteiger partial charge is 0.417 e. The highest BCUT2D eigenvalue weighted by Gasteiger charge is 2.41. The number of hydrogen-bond donors (Lipinski definition) is 4. The van der Waals surface area contributed by atoms with Gasteiger partial charge in [0.2, 0.25) is 0 Å². The minimum atomic E-state index is -4.64. The Hall–Kier alpha value is -8.13. The molecule has 6 aromatic heterocycles. The van der Waals surface area contributed by atoms with Gasteiger partial charge >= 0.3 is 18.3 Å². The molecule has 8 aromatic rings. The van der Waals surface area contributed by atoms with E-state index in [2.05, 4.69) is 25.3 Å². The number of benzene rings is 2. The predicted octanol–water partition coefficient (Wildman–Crippen LogP) is 13.6. The zero-order valence-electron chi connectivity index (χ0n) is 43.7. The molecule has 0 spiro atoms. The van der Waals surface area contributed by atoms with E-state index in [4.69, 9.17) is 16.6 Å². The first-order chi connectivity index (χ1) is 39.2. The third kappa shape index (κ3) is 17.0. The summed E-state index contributed by atoms with van der Waals surface area (Å²) in [4.78, 5) is 66.5. The van der Waals surface area contributed by atoms with Crippen LogP contribution in [0.2, 0.25) is 0 Å². The van der Waals surface area contributed by atoms with Gasteiger partial charge in [0, 0.05) is 93.8 Å². The zero-order chi connectivity index (χ0) is 59.9. The second-order valence-corrected chi connectivity index (χ2v) is 21.5. The third-order valence-electron chi connectivity index (χ3n) is 12.8. The standard InChI is InChI=1S/C29H23F5N4O2S.C25H18F3N3O3S.C4H7F2N.ClH/c30-28(31)9-10-38(16-28)27(40)18-3-7-24(36-15-18)19-11-20-12-22(41-26(20)23(13-19)29(32,33)34)6-5-21(39)4-1-17-2-8-25(35)37-14-17;26-25(27,28)20-11-16(21-7-3-15(13-30-21)24(33)34)9-17-10-19(35-23(17)20)6-5-18(32)4-1-14-2-8-22(29)31-12-14;5-4(6)1-2-7-3-4;/h1-4,7-8,11-15H,5-6,9-10,16H2,(H2,35,37);1-4,7-13H,5-6H2,(H2,29,31)(H,33,34);7H,1-3H2;1H/b2*4-1+;;. The van der Waals surface area contributed by atoms with Crippen molar-refractivity contribution in [2.45, 2.75) is 62.7 Å². The van der Waals surface area contributed by atoms with Crippen LogP contribution in [0.15, 0.2) is 122 Å². The van der Waals surface area contributed by atoms with E-state index in [0.29, 0.717) is 56.3 Å². The number of rotatable bonds is 14. The molecule has 2 fully saturated rings. The molecule has 10 rings (SSSR count). The van der Waals surface area contributed by atoms with Crippen LogP contribution in [-0.4, -0.2) is 91.4 Å². The Kier molecular flexibility index (Phi) is 20.1. The normalized spacial score (nSPS) is 14.7. The lowest BCUT2D eigenvalue weighted by molar-refractivity contribution is -0.137. The van der Waals surface area contributed by atoms with Gasteiger partial charge in [-0.1, -0.05) is 0 Å². The third-order valence-corrected chi connectivity index (χ3v) is 15.3. The summed E-state index contributed by atoms with van der Waals surface area (Å²) in [5.74, 6) is -6.77. The summed E-state index contributed by atoms with van der Waals surface area (Å²) in [5, 5.41) is 12.3. The summed E-state index contributed by atoms with van der Waals surface area (Å²) in [6, 6.07) is 20.5. The number of ketones is 2. The van der Waals surface area contributed by atoms with Gasteiger partial charge in [-0.05, 0) is 144 Å². The number of carboxylic acid groups (broad SMARTS) is 1. The Bertz CT molecular complexity index is 3720. The number of allylic oxidation sites excluding steroid dienone is 2. The highest BCUT2D eigenvalue weighted by atomic mass is 35.5. The molecule has 2 aromatic carbocycles. The molecule has 13 nitrogen and oxygen atoms in total. The summed E-state index contributed by atoms with van der Waals surface area (Å²) >= 11 is 1.98. The van der Waals surface area contributed by atoms with E-state index in [1.807, 2.05) is 0 Å².